The summed E-state index contributed by atoms with van der Waals surface area (Å²) in [6.45, 7) is 3.55. The van der Waals surface area contributed by atoms with Crippen LogP contribution in [0.4, 0.5) is 0 Å². The van der Waals surface area contributed by atoms with Gasteiger partial charge in [-0.05, 0) is 0 Å². The van der Waals surface area contributed by atoms with Crippen LogP contribution in [0, 0.1) is 0 Å². The highest BCUT2D eigenvalue weighted by molar-refractivity contribution is 5.36. The molecule has 0 N–H and O–H groups in total. The summed E-state index contributed by atoms with van der Waals surface area (Å²) in [7, 11) is 0. The van der Waals surface area contributed by atoms with E-state index in [0.717, 1.165) is 0 Å². The van der Waals surface area contributed by atoms with E-state index in [1.54, 1.807) is 4.57 Å². The van der Waals surface area contributed by atoms with Crippen molar-refractivity contribution < 1.29 is 0 Å². The molecule has 0 saturated heterocycles. The molecule has 0 atom stereocenters. The average Bonchev–Trinajstić information content (AvgIpc) is 2.49. The molecule has 2 rings (SSSR count). The summed E-state index contributed by atoms with van der Waals surface area (Å²) in [6.07, 6.45) is 4.46. The molecule has 0 aliphatic rings. The molecule has 5 heteroatoms. The van der Waals surface area contributed by atoms with Gasteiger partial charge in [-0.25, -0.2) is 4.98 Å². The van der Waals surface area contributed by atoms with Crippen LogP contribution in [0.25, 0.3) is 12.0 Å². The molecule has 0 aliphatic carbocycles. The minimum absolute atomic E-state index is 0.194. The first-order chi connectivity index (χ1) is 5.83. The van der Waals surface area contributed by atoms with Gasteiger partial charge in [-0.2, -0.15) is 9.61 Å². The molecule has 0 aliphatic heterocycles. The zero-order chi connectivity index (χ0) is 8.55. The van der Waals surface area contributed by atoms with Crippen molar-refractivity contribution in [3.8, 4) is 0 Å². The summed E-state index contributed by atoms with van der Waals surface area (Å²) in [5, 5.41) is 3.82. The van der Waals surface area contributed by atoms with Crippen molar-refractivity contribution >= 4 is 12.0 Å². The maximum absolute atomic E-state index is 11.1. The molecule has 0 unspecified atom stereocenters. The second-order valence-electron chi connectivity index (χ2n) is 2.22. The van der Waals surface area contributed by atoms with Crippen molar-refractivity contribution in [2.24, 2.45) is 0 Å². The maximum atomic E-state index is 11.1. The van der Waals surface area contributed by atoms with Gasteiger partial charge in [0.2, 0.25) is 5.78 Å². The van der Waals surface area contributed by atoms with Crippen LogP contribution in [0.15, 0.2) is 30.0 Å². The Morgan fingerprint density at radius 1 is 1.58 bits per heavy atom. The van der Waals surface area contributed by atoms with Crippen LogP contribution >= 0.6 is 0 Å². The molecule has 0 amide bonds. The molecule has 12 heavy (non-hydrogen) atoms. The van der Waals surface area contributed by atoms with E-state index in [1.807, 2.05) is 0 Å². The summed E-state index contributed by atoms with van der Waals surface area (Å²) in [5.41, 5.74) is -0.194. The number of rotatable bonds is 1. The van der Waals surface area contributed by atoms with Crippen LogP contribution in [0.3, 0.4) is 0 Å². The highest BCUT2D eigenvalue weighted by Crippen LogP contribution is 1.93. The largest absolute Gasteiger partial charge is 0.275 e. The molecule has 2 aromatic heterocycles. The minimum atomic E-state index is -0.194. The fraction of sp³-hybridized carbons (Fsp3) is 0. The Balaban J connectivity index is 2.98. The van der Waals surface area contributed by atoms with Gasteiger partial charge in [0.1, 0.15) is 6.33 Å². The Morgan fingerprint density at radius 2 is 2.42 bits per heavy atom. The zero-order valence-corrected chi connectivity index (χ0v) is 6.21. The van der Waals surface area contributed by atoms with Crippen molar-refractivity contribution in [2.45, 2.75) is 0 Å². The first-order valence-corrected chi connectivity index (χ1v) is 3.36. The molecule has 5 nitrogen and oxygen atoms in total. The van der Waals surface area contributed by atoms with Crippen LogP contribution < -0.4 is 5.56 Å². The van der Waals surface area contributed by atoms with E-state index in [9.17, 15) is 4.79 Å². The average molecular weight is 162 g/mol. The number of nitrogens with zero attached hydrogens (tertiary/aromatic N) is 4. The van der Waals surface area contributed by atoms with Crippen molar-refractivity contribution in [1.29, 1.82) is 0 Å². The first-order valence-electron chi connectivity index (χ1n) is 3.36. The third kappa shape index (κ3) is 0.763. The second kappa shape index (κ2) is 2.30. The van der Waals surface area contributed by atoms with E-state index >= 15 is 0 Å². The Kier molecular flexibility index (Phi) is 1.30. The van der Waals surface area contributed by atoms with Crippen molar-refractivity contribution in [1.82, 2.24) is 19.2 Å². The van der Waals surface area contributed by atoms with Crippen molar-refractivity contribution in [3.05, 3.63) is 35.5 Å². The number of aromatic nitrogens is 4. The highest BCUT2D eigenvalue weighted by atomic mass is 16.1. The first kappa shape index (κ1) is 6.78. The lowest BCUT2D eigenvalue weighted by Gasteiger charge is -1.90. The Labute approximate surface area is 67.6 Å². The topological polar surface area (TPSA) is 52.2 Å². The predicted octanol–water partition coefficient (Wildman–Crippen LogP) is -0.00850. The monoisotopic (exact) mass is 162 g/mol. The van der Waals surface area contributed by atoms with Gasteiger partial charge in [0, 0.05) is 18.5 Å². The minimum Gasteiger partial charge on any atom is -0.275 e. The molecule has 2 heterocycles. The lowest BCUT2D eigenvalue weighted by atomic mass is 10.6. The van der Waals surface area contributed by atoms with E-state index in [1.165, 1.54) is 29.3 Å². The fourth-order valence-electron chi connectivity index (χ4n) is 0.964. The van der Waals surface area contributed by atoms with Crippen molar-refractivity contribution in [2.75, 3.05) is 0 Å². The predicted molar refractivity (Wildman–Crippen MR) is 43.6 cm³/mol. The van der Waals surface area contributed by atoms with Gasteiger partial charge in [0.25, 0.3) is 5.56 Å². The molecule has 0 bridgehead atoms. The van der Waals surface area contributed by atoms with Gasteiger partial charge in [0.05, 0.1) is 0 Å². The fourth-order valence-corrected chi connectivity index (χ4v) is 0.964. The smallest absolute Gasteiger partial charge is 0.275 e. The van der Waals surface area contributed by atoms with E-state index in [0.29, 0.717) is 5.78 Å². The summed E-state index contributed by atoms with van der Waals surface area (Å²) in [5.74, 6) is 0.470. The van der Waals surface area contributed by atoms with E-state index < -0.39 is 0 Å². The Hall–Kier alpha value is -1.91. The van der Waals surface area contributed by atoms with Crippen molar-refractivity contribution in [3.63, 3.8) is 0 Å². The number of fused-ring (bicyclic) bond motifs is 1. The molecular formula is C7H6N4O. The molecule has 0 fully saturated rings. The zero-order valence-electron chi connectivity index (χ0n) is 6.21. The number of hydrogen-bond donors (Lipinski definition) is 0. The normalized spacial score (nSPS) is 10.3. The third-order valence-electron chi connectivity index (χ3n) is 1.52. The molecule has 0 radical (unpaired) electrons. The van der Waals surface area contributed by atoms with E-state index in [2.05, 4.69) is 16.7 Å². The lowest BCUT2D eigenvalue weighted by molar-refractivity contribution is 0.898. The molecular weight excluding hydrogens is 156 g/mol. The van der Waals surface area contributed by atoms with Gasteiger partial charge in [-0.3, -0.25) is 9.36 Å². The third-order valence-corrected chi connectivity index (χ3v) is 1.52. The van der Waals surface area contributed by atoms with Crippen LogP contribution in [-0.2, 0) is 0 Å². The van der Waals surface area contributed by atoms with Gasteiger partial charge >= 0.3 is 0 Å². The molecule has 0 aromatic carbocycles. The van der Waals surface area contributed by atoms with E-state index in [4.69, 9.17) is 0 Å². The van der Waals surface area contributed by atoms with Gasteiger partial charge in [-0.1, -0.05) is 6.58 Å². The Morgan fingerprint density at radius 3 is 3.17 bits per heavy atom. The Bertz CT molecular complexity index is 481. The van der Waals surface area contributed by atoms with Gasteiger partial charge in [0.15, 0.2) is 0 Å². The summed E-state index contributed by atoms with van der Waals surface area (Å²) < 4.78 is 2.78. The standard InChI is InChI=1S/C7H6N4O/c1-2-10-5-9-11-6(12)3-4-8-7(10)11/h2-5H,1H2. The van der Waals surface area contributed by atoms with Gasteiger partial charge in [-0.15, -0.1) is 0 Å². The van der Waals surface area contributed by atoms with Crippen LogP contribution in [0.5, 0.6) is 0 Å². The molecule has 0 saturated carbocycles. The quantitative estimate of drug-likeness (QED) is 0.592. The molecule has 0 spiro atoms. The SMILES string of the molecule is C=Cn1cnn2c(=O)ccnc12. The maximum Gasteiger partial charge on any atom is 0.275 e. The molecule has 60 valence electrons. The highest BCUT2D eigenvalue weighted by Gasteiger charge is 2.00. The van der Waals surface area contributed by atoms with E-state index in [-0.39, 0.29) is 5.56 Å². The van der Waals surface area contributed by atoms with Crippen LogP contribution in [0.2, 0.25) is 0 Å². The lowest BCUT2D eigenvalue weighted by Crippen LogP contribution is -2.13. The summed E-state index contributed by atoms with van der Waals surface area (Å²) in [4.78, 5) is 15.1. The van der Waals surface area contributed by atoms with Gasteiger partial charge < -0.3 is 0 Å². The van der Waals surface area contributed by atoms with Crippen LogP contribution in [0.1, 0.15) is 0 Å². The van der Waals surface area contributed by atoms with Crippen LogP contribution in [-0.4, -0.2) is 19.2 Å². The molecule has 2 aromatic rings. The summed E-state index contributed by atoms with van der Waals surface area (Å²) >= 11 is 0. The summed E-state index contributed by atoms with van der Waals surface area (Å²) in [6, 6.07) is 1.35. The number of hydrogen-bond acceptors (Lipinski definition) is 3. The second-order valence-corrected chi connectivity index (χ2v) is 2.22.